The Morgan fingerprint density at radius 2 is 2.05 bits per heavy atom. The van der Waals surface area contributed by atoms with E-state index in [-0.39, 0.29) is 11.9 Å². The molecule has 3 rings (SSSR count). The number of carbonyl (C=O) groups is 1. The van der Waals surface area contributed by atoms with Gasteiger partial charge in [-0.05, 0) is 42.3 Å². The van der Waals surface area contributed by atoms with Gasteiger partial charge in [0.15, 0.2) is 5.78 Å². The van der Waals surface area contributed by atoms with Crippen LogP contribution in [0.1, 0.15) is 34.0 Å². The molecule has 0 spiro atoms. The Morgan fingerprint density at radius 3 is 2.76 bits per heavy atom. The molecule has 1 atom stereocenters. The van der Waals surface area contributed by atoms with Crippen LogP contribution in [0.15, 0.2) is 40.9 Å². The molecule has 2 aromatic rings. The summed E-state index contributed by atoms with van der Waals surface area (Å²) in [6.07, 6.45) is 0.102. The lowest BCUT2D eigenvalue weighted by atomic mass is 9.95. The number of fused-ring (bicyclic) bond motifs is 1. The van der Waals surface area contributed by atoms with E-state index >= 15 is 0 Å². The van der Waals surface area contributed by atoms with Crippen LogP contribution in [0.2, 0.25) is 0 Å². The minimum absolute atomic E-state index is 0.0804. The number of Topliss-reactive ketones (excluding diaryl/α,β-unsaturated/α-hetero) is 1. The number of hydrogen-bond donors (Lipinski definition) is 0. The number of rotatable bonds is 2. The summed E-state index contributed by atoms with van der Waals surface area (Å²) < 4.78 is 12.2. The molecule has 4 heteroatoms. The molecule has 1 aliphatic heterocycles. The molecule has 1 aliphatic rings. The van der Waals surface area contributed by atoms with Gasteiger partial charge in [0.05, 0.1) is 19.1 Å². The van der Waals surface area contributed by atoms with Crippen LogP contribution < -0.4 is 9.47 Å². The number of methoxy groups -OCH3 is 1. The molecule has 0 saturated heterocycles. The first-order valence-corrected chi connectivity index (χ1v) is 7.51. The quantitative estimate of drug-likeness (QED) is 0.804. The van der Waals surface area contributed by atoms with Gasteiger partial charge >= 0.3 is 0 Å². The Balaban J connectivity index is 1.94. The zero-order valence-electron chi connectivity index (χ0n) is 11.9. The van der Waals surface area contributed by atoms with Crippen molar-refractivity contribution in [1.82, 2.24) is 0 Å². The van der Waals surface area contributed by atoms with Crippen molar-refractivity contribution in [1.29, 1.82) is 0 Å². The molecule has 1 heterocycles. The summed E-state index contributed by atoms with van der Waals surface area (Å²) in [5.41, 5.74) is 2.75. The third kappa shape index (κ3) is 2.68. The molecule has 0 amide bonds. The fraction of sp³-hybridized carbons (Fsp3) is 0.235. The molecule has 0 aromatic heterocycles. The number of ether oxygens (including phenoxy) is 2. The topological polar surface area (TPSA) is 35.5 Å². The van der Waals surface area contributed by atoms with Crippen molar-refractivity contribution in [3.8, 4) is 11.5 Å². The van der Waals surface area contributed by atoms with E-state index in [4.69, 9.17) is 9.47 Å². The van der Waals surface area contributed by atoms with Crippen LogP contribution in [-0.4, -0.2) is 12.9 Å². The van der Waals surface area contributed by atoms with Gasteiger partial charge in [0.25, 0.3) is 0 Å². The smallest absolute Gasteiger partial charge is 0.170 e. The molecule has 2 aromatic carbocycles. The third-order valence-electron chi connectivity index (χ3n) is 3.69. The fourth-order valence-electron chi connectivity index (χ4n) is 2.43. The number of carbonyl (C=O) groups excluding carboxylic acids is 1. The van der Waals surface area contributed by atoms with E-state index in [1.807, 2.05) is 25.1 Å². The van der Waals surface area contributed by atoms with Crippen LogP contribution >= 0.6 is 15.9 Å². The molecule has 0 N–H and O–H groups in total. The van der Waals surface area contributed by atoms with E-state index in [0.29, 0.717) is 23.5 Å². The normalized spacial score (nSPS) is 17.1. The van der Waals surface area contributed by atoms with Crippen molar-refractivity contribution < 1.29 is 14.3 Å². The average molecular weight is 347 g/mol. The van der Waals surface area contributed by atoms with E-state index in [9.17, 15) is 4.79 Å². The summed E-state index contributed by atoms with van der Waals surface area (Å²) in [6, 6.07) is 11.4. The second-order valence-electron chi connectivity index (χ2n) is 5.10. The maximum atomic E-state index is 12.3. The number of hydrogen-bond acceptors (Lipinski definition) is 3. The van der Waals surface area contributed by atoms with Crippen molar-refractivity contribution in [3.63, 3.8) is 0 Å². The van der Waals surface area contributed by atoms with Crippen molar-refractivity contribution in [3.05, 3.63) is 57.6 Å². The van der Waals surface area contributed by atoms with Crippen LogP contribution in [-0.2, 0) is 0 Å². The molecular weight excluding hydrogens is 332 g/mol. The zero-order chi connectivity index (χ0) is 15.0. The van der Waals surface area contributed by atoms with Crippen LogP contribution in [0.4, 0.5) is 0 Å². The van der Waals surface area contributed by atoms with Gasteiger partial charge in [-0.15, -0.1) is 0 Å². The highest BCUT2D eigenvalue weighted by Gasteiger charge is 2.28. The summed E-state index contributed by atoms with van der Waals surface area (Å²) in [5, 5.41) is 0. The van der Waals surface area contributed by atoms with Gasteiger partial charge < -0.3 is 9.47 Å². The van der Waals surface area contributed by atoms with Crippen LogP contribution in [0.5, 0.6) is 11.5 Å². The number of benzene rings is 2. The average Bonchev–Trinajstić information content (AvgIpc) is 2.49. The number of aryl methyl sites for hydroxylation is 1. The van der Waals surface area contributed by atoms with E-state index in [1.54, 1.807) is 25.3 Å². The maximum absolute atomic E-state index is 12.3. The van der Waals surface area contributed by atoms with E-state index < -0.39 is 0 Å². The molecular formula is C17H15BrO3. The van der Waals surface area contributed by atoms with Crippen molar-refractivity contribution in [2.45, 2.75) is 19.4 Å². The first kappa shape index (κ1) is 14.1. The molecule has 0 fully saturated rings. The Labute approximate surface area is 132 Å². The maximum Gasteiger partial charge on any atom is 0.170 e. The predicted octanol–water partition coefficient (Wildman–Crippen LogP) is 4.47. The zero-order valence-corrected chi connectivity index (χ0v) is 13.4. The van der Waals surface area contributed by atoms with Gasteiger partial charge in [0, 0.05) is 4.47 Å². The van der Waals surface area contributed by atoms with Crippen LogP contribution in [0.3, 0.4) is 0 Å². The molecule has 21 heavy (non-hydrogen) atoms. The summed E-state index contributed by atoms with van der Waals surface area (Å²) in [4.78, 5) is 12.3. The van der Waals surface area contributed by atoms with Crippen molar-refractivity contribution in [2.75, 3.05) is 7.11 Å². The first-order valence-electron chi connectivity index (χ1n) is 6.72. The first-order chi connectivity index (χ1) is 10.1. The summed E-state index contributed by atoms with van der Waals surface area (Å²) >= 11 is 3.52. The summed E-state index contributed by atoms with van der Waals surface area (Å²) in [6.45, 7) is 2.03. The van der Waals surface area contributed by atoms with E-state index in [2.05, 4.69) is 15.9 Å². The third-order valence-corrected chi connectivity index (χ3v) is 4.55. The number of ketones is 1. The Bertz CT molecular complexity index is 709. The highest BCUT2D eigenvalue weighted by atomic mass is 79.9. The SMILES string of the molecule is COc1ccc2c(c1)C(=O)CC(c1ccc(C)c(Br)c1)O2. The predicted molar refractivity (Wildman–Crippen MR) is 84.2 cm³/mol. The lowest BCUT2D eigenvalue weighted by Gasteiger charge is -2.26. The van der Waals surface area contributed by atoms with Crippen molar-refractivity contribution in [2.24, 2.45) is 0 Å². The molecule has 0 aliphatic carbocycles. The highest BCUT2D eigenvalue weighted by Crippen LogP contribution is 2.37. The lowest BCUT2D eigenvalue weighted by Crippen LogP contribution is -2.20. The van der Waals surface area contributed by atoms with Gasteiger partial charge in [0.2, 0.25) is 0 Å². The van der Waals surface area contributed by atoms with E-state index in [0.717, 1.165) is 15.6 Å². The van der Waals surface area contributed by atoms with Crippen molar-refractivity contribution >= 4 is 21.7 Å². The molecule has 1 unspecified atom stereocenters. The molecule has 108 valence electrons. The van der Waals surface area contributed by atoms with Gasteiger partial charge in [-0.3, -0.25) is 4.79 Å². The Hall–Kier alpha value is -1.81. The minimum atomic E-state index is -0.240. The van der Waals surface area contributed by atoms with Crippen LogP contribution in [0.25, 0.3) is 0 Å². The molecule has 0 saturated carbocycles. The largest absolute Gasteiger partial charge is 0.497 e. The van der Waals surface area contributed by atoms with Gasteiger partial charge in [-0.25, -0.2) is 0 Å². The highest BCUT2D eigenvalue weighted by molar-refractivity contribution is 9.10. The van der Waals surface area contributed by atoms with Gasteiger partial charge in [-0.1, -0.05) is 28.1 Å². The second-order valence-corrected chi connectivity index (χ2v) is 5.96. The monoisotopic (exact) mass is 346 g/mol. The standard InChI is InChI=1S/C17H15BrO3/c1-10-3-4-11(7-14(10)18)17-9-15(19)13-8-12(20-2)5-6-16(13)21-17/h3-8,17H,9H2,1-2H3. The van der Waals surface area contributed by atoms with E-state index in [1.165, 1.54) is 0 Å². The van der Waals surface area contributed by atoms with Gasteiger partial charge in [-0.2, -0.15) is 0 Å². The fourth-order valence-corrected chi connectivity index (χ4v) is 2.82. The molecule has 0 bridgehead atoms. The number of halogens is 1. The minimum Gasteiger partial charge on any atom is -0.497 e. The molecule has 3 nitrogen and oxygen atoms in total. The summed E-state index contributed by atoms with van der Waals surface area (Å²) in [7, 11) is 1.59. The van der Waals surface area contributed by atoms with Gasteiger partial charge in [0.1, 0.15) is 17.6 Å². The Kier molecular flexibility index (Phi) is 3.72. The van der Waals surface area contributed by atoms with Crippen LogP contribution in [0, 0.1) is 6.92 Å². The second kappa shape index (κ2) is 5.53. The summed E-state index contributed by atoms with van der Waals surface area (Å²) in [5.74, 6) is 1.37. The molecule has 0 radical (unpaired) electrons. The lowest BCUT2D eigenvalue weighted by molar-refractivity contribution is 0.0849. The Morgan fingerprint density at radius 1 is 1.24 bits per heavy atom.